The van der Waals surface area contributed by atoms with Gasteiger partial charge in [-0.2, -0.15) is 0 Å². The van der Waals surface area contributed by atoms with Crippen LogP contribution in [0.3, 0.4) is 0 Å². The van der Waals surface area contributed by atoms with Gasteiger partial charge >= 0.3 is 0 Å². The van der Waals surface area contributed by atoms with Crippen molar-refractivity contribution in [1.29, 1.82) is 0 Å². The molecule has 0 aromatic carbocycles. The molecule has 1 N–H and O–H groups in total. The lowest BCUT2D eigenvalue weighted by Crippen LogP contribution is -2.38. The lowest BCUT2D eigenvalue weighted by atomic mass is 9.77. The molecule has 1 saturated carbocycles. The third-order valence-corrected chi connectivity index (χ3v) is 3.35. The van der Waals surface area contributed by atoms with Crippen molar-refractivity contribution in [2.45, 2.75) is 58.1 Å². The zero-order valence-corrected chi connectivity index (χ0v) is 10.9. The maximum absolute atomic E-state index is 5.59. The van der Waals surface area contributed by atoms with Crippen LogP contribution in [0.25, 0.3) is 0 Å². The van der Waals surface area contributed by atoms with Crippen LogP contribution in [0.1, 0.15) is 46.0 Å². The Morgan fingerprint density at radius 3 is 2.75 bits per heavy atom. The summed E-state index contributed by atoms with van der Waals surface area (Å²) in [6.07, 6.45) is 8.69. The Balaban J connectivity index is 2.15. The predicted molar refractivity (Wildman–Crippen MR) is 69.7 cm³/mol. The molecule has 94 valence electrons. The largest absolute Gasteiger partial charge is 0.378 e. The Morgan fingerprint density at radius 1 is 1.44 bits per heavy atom. The molecule has 2 nitrogen and oxygen atoms in total. The van der Waals surface area contributed by atoms with Gasteiger partial charge in [0.2, 0.25) is 0 Å². The van der Waals surface area contributed by atoms with Crippen LogP contribution in [0.15, 0.2) is 12.7 Å². The minimum absolute atomic E-state index is 0.547. The fourth-order valence-electron chi connectivity index (χ4n) is 2.45. The fraction of sp³-hybridized carbons (Fsp3) is 0.857. The van der Waals surface area contributed by atoms with Gasteiger partial charge in [0.25, 0.3) is 0 Å². The first kappa shape index (κ1) is 13.7. The van der Waals surface area contributed by atoms with Gasteiger partial charge in [-0.05, 0) is 51.5 Å². The van der Waals surface area contributed by atoms with Gasteiger partial charge in [0, 0.05) is 12.6 Å². The first-order chi connectivity index (χ1) is 7.80. The normalized spacial score (nSPS) is 26.1. The summed E-state index contributed by atoms with van der Waals surface area (Å²) in [5.41, 5.74) is 0. The summed E-state index contributed by atoms with van der Waals surface area (Å²) in [4.78, 5) is 0. The van der Waals surface area contributed by atoms with Crippen molar-refractivity contribution in [2.24, 2.45) is 5.92 Å². The molecule has 0 spiro atoms. The van der Waals surface area contributed by atoms with Crippen LogP contribution < -0.4 is 5.32 Å². The van der Waals surface area contributed by atoms with Gasteiger partial charge in [0.1, 0.15) is 0 Å². The highest BCUT2D eigenvalue weighted by Gasteiger charge is 2.30. The second-order valence-corrected chi connectivity index (χ2v) is 4.83. The number of nitrogens with one attached hydrogen (secondary N) is 1. The van der Waals surface area contributed by atoms with Gasteiger partial charge in [-0.3, -0.25) is 0 Å². The van der Waals surface area contributed by atoms with E-state index in [0.29, 0.717) is 12.1 Å². The van der Waals surface area contributed by atoms with Gasteiger partial charge in [-0.15, -0.1) is 6.58 Å². The summed E-state index contributed by atoms with van der Waals surface area (Å²) in [5.74, 6) is 0.867. The average molecular weight is 225 g/mol. The molecule has 0 amide bonds. The van der Waals surface area contributed by atoms with E-state index in [9.17, 15) is 0 Å². The molecule has 1 fully saturated rings. The van der Waals surface area contributed by atoms with Crippen LogP contribution in [-0.4, -0.2) is 25.3 Å². The Kier molecular flexibility index (Phi) is 6.74. The Bertz CT molecular complexity index is 187. The Labute approximate surface area is 100 Å². The van der Waals surface area contributed by atoms with E-state index in [1.807, 2.05) is 6.08 Å². The summed E-state index contributed by atoms with van der Waals surface area (Å²) in [5, 5.41) is 3.60. The van der Waals surface area contributed by atoms with Crippen molar-refractivity contribution < 1.29 is 4.74 Å². The number of hydrogen-bond donors (Lipinski definition) is 1. The standard InChI is InChI=1S/C14H27NO/c1-4-7-13(15-8-5-2)9-12-10-14(11-12)16-6-3/h4,12-15H,1,5-11H2,2-3H3. The van der Waals surface area contributed by atoms with Crippen molar-refractivity contribution >= 4 is 0 Å². The first-order valence-electron chi connectivity index (χ1n) is 6.76. The van der Waals surface area contributed by atoms with E-state index in [-0.39, 0.29) is 0 Å². The molecule has 0 bridgehead atoms. The zero-order chi connectivity index (χ0) is 11.8. The fourth-order valence-corrected chi connectivity index (χ4v) is 2.45. The van der Waals surface area contributed by atoms with E-state index < -0.39 is 0 Å². The molecule has 0 aromatic rings. The van der Waals surface area contributed by atoms with Crippen LogP contribution in [0, 0.1) is 5.92 Å². The van der Waals surface area contributed by atoms with Crippen LogP contribution in [0.5, 0.6) is 0 Å². The molecule has 2 heteroatoms. The summed E-state index contributed by atoms with van der Waals surface area (Å²) in [7, 11) is 0. The minimum atomic E-state index is 0.547. The van der Waals surface area contributed by atoms with E-state index in [0.717, 1.165) is 25.5 Å². The summed E-state index contributed by atoms with van der Waals surface area (Å²) in [6, 6.07) is 0.630. The van der Waals surface area contributed by atoms with Gasteiger partial charge in [0.05, 0.1) is 6.10 Å². The SMILES string of the molecule is C=CCC(CC1CC(OCC)C1)NCCC. The molecule has 0 aromatic heterocycles. The number of hydrogen-bond acceptors (Lipinski definition) is 2. The molecule has 1 atom stereocenters. The van der Waals surface area contributed by atoms with Crippen molar-refractivity contribution in [3.63, 3.8) is 0 Å². The smallest absolute Gasteiger partial charge is 0.0580 e. The monoisotopic (exact) mass is 225 g/mol. The average Bonchev–Trinajstić information content (AvgIpc) is 2.23. The molecular weight excluding hydrogens is 198 g/mol. The highest BCUT2D eigenvalue weighted by Crippen LogP contribution is 2.34. The van der Waals surface area contributed by atoms with Gasteiger partial charge in [0.15, 0.2) is 0 Å². The third-order valence-electron chi connectivity index (χ3n) is 3.35. The Hall–Kier alpha value is -0.340. The molecule has 1 aliphatic carbocycles. The quantitative estimate of drug-likeness (QED) is 0.609. The van der Waals surface area contributed by atoms with E-state index in [2.05, 4.69) is 25.7 Å². The van der Waals surface area contributed by atoms with Crippen molar-refractivity contribution in [1.82, 2.24) is 5.32 Å². The van der Waals surface area contributed by atoms with Crippen molar-refractivity contribution in [3.8, 4) is 0 Å². The predicted octanol–water partition coefficient (Wildman–Crippen LogP) is 3.14. The molecule has 1 unspecified atom stereocenters. The molecule has 1 rings (SSSR count). The van der Waals surface area contributed by atoms with E-state index in [1.165, 1.54) is 25.7 Å². The van der Waals surface area contributed by atoms with E-state index in [1.54, 1.807) is 0 Å². The second kappa shape index (κ2) is 7.86. The van der Waals surface area contributed by atoms with Crippen molar-refractivity contribution in [3.05, 3.63) is 12.7 Å². The molecule has 0 aliphatic heterocycles. The van der Waals surface area contributed by atoms with Crippen LogP contribution in [-0.2, 0) is 4.74 Å². The second-order valence-electron chi connectivity index (χ2n) is 4.83. The maximum Gasteiger partial charge on any atom is 0.0580 e. The molecule has 0 saturated heterocycles. The highest BCUT2D eigenvalue weighted by atomic mass is 16.5. The minimum Gasteiger partial charge on any atom is -0.378 e. The topological polar surface area (TPSA) is 21.3 Å². The number of ether oxygens (including phenoxy) is 1. The lowest BCUT2D eigenvalue weighted by molar-refractivity contribution is -0.0289. The molecular formula is C14H27NO. The molecule has 1 aliphatic rings. The summed E-state index contributed by atoms with van der Waals surface area (Å²) >= 11 is 0. The molecule has 16 heavy (non-hydrogen) atoms. The van der Waals surface area contributed by atoms with Crippen LogP contribution >= 0.6 is 0 Å². The van der Waals surface area contributed by atoms with Crippen LogP contribution in [0.4, 0.5) is 0 Å². The number of rotatable bonds is 9. The lowest BCUT2D eigenvalue weighted by Gasteiger charge is -2.37. The van der Waals surface area contributed by atoms with Gasteiger partial charge < -0.3 is 10.1 Å². The Morgan fingerprint density at radius 2 is 2.19 bits per heavy atom. The maximum atomic E-state index is 5.59. The van der Waals surface area contributed by atoms with Crippen molar-refractivity contribution in [2.75, 3.05) is 13.2 Å². The molecule has 0 radical (unpaired) electrons. The summed E-state index contributed by atoms with van der Waals surface area (Å²) in [6.45, 7) is 10.1. The van der Waals surface area contributed by atoms with E-state index >= 15 is 0 Å². The van der Waals surface area contributed by atoms with Crippen LogP contribution in [0.2, 0.25) is 0 Å². The molecule has 0 heterocycles. The van der Waals surface area contributed by atoms with Gasteiger partial charge in [-0.25, -0.2) is 0 Å². The zero-order valence-electron chi connectivity index (χ0n) is 10.9. The summed E-state index contributed by atoms with van der Waals surface area (Å²) < 4.78 is 5.59. The third kappa shape index (κ3) is 4.67. The van der Waals surface area contributed by atoms with E-state index in [4.69, 9.17) is 4.74 Å². The highest BCUT2D eigenvalue weighted by molar-refractivity contribution is 4.86. The first-order valence-corrected chi connectivity index (χ1v) is 6.76. The van der Waals surface area contributed by atoms with Gasteiger partial charge in [-0.1, -0.05) is 13.0 Å².